The van der Waals surface area contributed by atoms with E-state index in [1.807, 2.05) is 6.07 Å². The largest absolute Gasteiger partial charge is 0.341 e. The Hall–Kier alpha value is -2.18. The molecule has 0 radical (unpaired) electrons. The average molecular weight is 387 g/mol. The van der Waals surface area contributed by atoms with Crippen molar-refractivity contribution in [2.24, 2.45) is 5.92 Å². The molecule has 1 amide bonds. The summed E-state index contributed by atoms with van der Waals surface area (Å²) < 4.78 is 27.3. The van der Waals surface area contributed by atoms with E-state index in [-0.39, 0.29) is 10.8 Å². The molecule has 3 rings (SSSR count). The van der Waals surface area contributed by atoms with Gasteiger partial charge in [-0.25, -0.2) is 8.42 Å². The molecule has 1 saturated heterocycles. The molecule has 6 heteroatoms. The van der Waals surface area contributed by atoms with Crippen LogP contribution in [0.4, 0.5) is 0 Å². The normalized spacial score (nSPS) is 16.9. The van der Waals surface area contributed by atoms with Crippen LogP contribution in [0.5, 0.6) is 0 Å². The molecule has 1 N–H and O–H groups in total. The van der Waals surface area contributed by atoms with E-state index in [9.17, 15) is 13.2 Å². The Morgan fingerprint density at radius 1 is 1.04 bits per heavy atom. The van der Waals surface area contributed by atoms with Crippen LogP contribution in [0.1, 0.15) is 25.3 Å². The smallest absolute Gasteiger partial charge is 0.241 e. The number of hydrogen-bond donors (Lipinski definition) is 1. The van der Waals surface area contributed by atoms with Gasteiger partial charge in [0.25, 0.3) is 0 Å². The Labute approximate surface area is 161 Å². The van der Waals surface area contributed by atoms with Crippen LogP contribution in [0.2, 0.25) is 0 Å². The van der Waals surface area contributed by atoms with E-state index < -0.39 is 16.1 Å². The summed E-state index contributed by atoms with van der Waals surface area (Å²) >= 11 is 0. The van der Waals surface area contributed by atoms with Crippen LogP contribution < -0.4 is 4.72 Å². The molecule has 0 aromatic heterocycles. The first kappa shape index (κ1) is 19.6. The minimum absolute atomic E-state index is 0.160. The summed E-state index contributed by atoms with van der Waals surface area (Å²) in [5, 5.41) is 0. The molecule has 1 unspecified atom stereocenters. The summed E-state index contributed by atoms with van der Waals surface area (Å²) in [5.41, 5.74) is 1.33. The number of benzene rings is 2. The zero-order valence-electron chi connectivity index (χ0n) is 15.5. The predicted molar refractivity (Wildman–Crippen MR) is 106 cm³/mol. The highest BCUT2D eigenvalue weighted by atomic mass is 32.2. The molecule has 2 aromatic carbocycles. The van der Waals surface area contributed by atoms with Gasteiger partial charge in [-0.2, -0.15) is 4.72 Å². The first-order chi connectivity index (χ1) is 13.0. The van der Waals surface area contributed by atoms with Crippen molar-refractivity contribution in [3.05, 3.63) is 66.2 Å². The summed E-state index contributed by atoms with van der Waals surface area (Å²) in [4.78, 5) is 14.6. The molecule has 1 aliphatic heterocycles. The van der Waals surface area contributed by atoms with E-state index in [4.69, 9.17) is 0 Å². The van der Waals surface area contributed by atoms with E-state index in [2.05, 4.69) is 29.0 Å². The van der Waals surface area contributed by atoms with Gasteiger partial charge in [-0.15, -0.1) is 0 Å². The lowest BCUT2D eigenvalue weighted by Crippen LogP contribution is -2.49. The molecule has 2 aromatic rings. The van der Waals surface area contributed by atoms with Crippen molar-refractivity contribution in [2.75, 3.05) is 13.1 Å². The van der Waals surface area contributed by atoms with Crippen LogP contribution in [-0.2, 0) is 21.2 Å². The Morgan fingerprint density at radius 2 is 1.59 bits per heavy atom. The van der Waals surface area contributed by atoms with E-state index in [0.29, 0.717) is 19.0 Å². The van der Waals surface area contributed by atoms with Gasteiger partial charge >= 0.3 is 0 Å². The maximum absolute atomic E-state index is 12.7. The van der Waals surface area contributed by atoms with Crippen molar-refractivity contribution in [1.29, 1.82) is 0 Å². The number of nitrogens with zero attached hydrogens (tertiary/aromatic N) is 1. The molecule has 1 fully saturated rings. The van der Waals surface area contributed by atoms with Gasteiger partial charge in [0.1, 0.15) is 0 Å². The minimum Gasteiger partial charge on any atom is -0.341 e. The zero-order valence-corrected chi connectivity index (χ0v) is 16.4. The van der Waals surface area contributed by atoms with Crippen LogP contribution in [0.25, 0.3) is 0 Å². The number of likely N-dealkylation sites (tertiary alicyclic amines) is 1. The topological polar surface area (TPSA) is 66.5 Å². The third-order valence-electron chi connectivity index (χ3n) is 5.05. The highest BCUT2D eigenvalue weighted by Crippen LogP contribution is 2.22. The molecule has 0 saturated carbocycles. The van der Waals surface area contributed by atoms with Crippen LogP contribution in [0, 0.1) is 5.92 Å². The van der Waals surface area contributed by atoms with E-state index in [1.165, 1.54) is 17.7 Å². The highest BCUT2D eigenvalue weighted by Gasteiger charge is 2.28. The average Bonchev–Trinajstić information content (AvgIpc) is 2.69. The van der Waals surface area contributed by atoms with Gasteiger partial charge in [-0.05, 0) is 49.8 Å². The van der Waals surface area contributed by atoms with Crippen molar-refractivity contribution in [3.8, 4) is 0 Å². The summed E-state index contributed by atoms with van der Waals surface area (Å²) in [6, 6.07) is 17.7. The standard InChI is InChI=1S/C21H26N2O3S/c1-17(22-27(25,26)20-10-6-3-7-11-20)21(24)23-14-12-19(13-15-23)16-18-8-4-2-5-9-18/h2-11,17,19,22H,12-16H2,1H3. The molecule has 1 atom stereocenters. The van der Waals surface area contributed by atoms with E-state index in [0.717, 1.165) is 19.3 Å². The lowest BCUT2D eigenvalue weighted by Gasteiger charge is -2.33. The fraction of sp³-hybridized carbons (Fsp3) is 0.381. The maximum atomic E-state index is 12.7. The molecular weight excluding hydrogens is 360 g/mol. The molecule has 0 aliphatic carbocycles. The molecular formula is C21H26N2O3S. The fourth-order valence-corrected chi connectivity index (χ4v) is 4.75. The Balaban J connectivity index is 1.53. The van der Waals surface area contributed by atoms with E-state index >= 15 is 0 Å². The van der Waals surface area contributed by atoms with Gasteiger partial charge < -0.3 is 4.90 Å². The molecule has 0 spiro atoms. The number of sulfonamides is 1. The Bertz CT molecular complexity index is 846. The number of carbonyl (C=O) groups excluding carboxylic acids is 1. The second kappa shape index (κ2) is 8.67. The monoisotopic (exact) mass is 386 g/mol. The third-order valence-corrected chi connectivity index (χ3v) is 6.61. The van der Waals surface area contributed by atoms with Crippen LogP contribution in [0.3, 0.4) is 0 Å². The molecule has 1 heterocycles. The lowest BCUT2D eigenvalue weighted by atomic mass is 9.90. The predicted octanol–water partition coefficient (Wildman–Crippen LogP) is 2.83. The van der Waals surface area contributed by atoms with Crippen LogP contribution in [0.15, 0.2) is 65.6 Å². The highest BCUT2D eigenvalue weighted by molar-refractivity contribution is 7.89. The van der Waals surface area contributed by atoms with Gasteiger partial charge in [0.15, 0.2) is 0 Å². The van der Waals surface area contributed by atoms with Gasteiger partial charge in [0.2, 0.25) is 15.9 Å². The Kier molecular flexibility index (Phi) is 6.29. The fourth-order valence-electron chi connectivity index (χ4n) is 3.53. The summed E-state index contributed by atoms with van der Waals surface area (Å²) in [6.45, 7) is 2.96. The van der Waals surface area contributed by atoms with Gasteiger partial charge in [-0.3, -0.25) is 4.79 Å². The number of amides is 1. The number of nitrogens with one attached hydrogen (secondary N) is 1. The summed E-state index contributed by atoms with van der Waals surface area (Å²) in [6.07, 6.45) is 2.91. The summed E-state index contributed by atoms with van der Waals surface area (Å²) in [5.74, 6) is 0.403. The molecule has 0 bridgehead atoms. The number of carbonyl (C=O) groups is 1. The van der Waals surface area contributed by atoms with Gasteiger partial charge in [0, 0.05) is 13.1 Å². The zero-order chi connectivity index (χ0) is 19.3. The molecule has 144 valence electrons. The quantitative estimate of drug-likeness (QED) is 0.830. The first-order valence-corrected chi connectivity index (χ1v) is 10.8. The van der Waals surface area contributed by atoms with Crippen molar-refractivity contribution < 1.29 is 13.2 Å². The maximum Gasteiger partial charge on any atom is 0.241 e. The third kappa shape index (κ3) is 5.17. The van der Waals surface area contributed by atoms with Gasteiger partial charge in [-0.1, -0.05) is 48.5 Å². The molecule has 1 aliphatic rings. The van der Waals surface area contributed by atoms with Crippen molar-refractivity contribution in [2.45, 2.75) is 37.1 Å². The minimum atomic E-state index is -3.69. The van der Waals surface area contributed by atoms with E-state index in [1.54, 1.807) is 30.0 Å². The van der Waals surface area contributed by atoms with Crippen molar-refractivity contribution in [3.63, 3.8) is 0 Å². The second-order valence-electron chi connectivity index (χ2n) is 7.11. The Morgan fingerprint density at radius 3 is 2.19 bits per heavy atom. The molecule has 27 heavy (non-hydrogen) atoms. The first-order valence-electron chi connectivity index (χ1n) is 9.36. The number of piperidine rings is 1. The number of rotatable bonds is 6. The molecule has 5 nitrogen and oxygen atoms in total. The van der Waals surface area contributed by atoms with Gasteiger partial charge in [0.05, 0.1) is 10.9 Å². The van der Waals surface area contributed by atoms with Crippen molar-refractivity contribution in [1.82, 2.24) is 9.62 Å². The lowest BCUT2D eigenvalue weighted by molar-refractivity contribution is -0.133. The van der Waals surface area contributed by atoms with Crippen molar-refractivity contribution >= 4 is 15.9 Å². The second-order valence-corrected chi connectivity index (χ2v) is 8.83. The number of hydrogen-bond acceptors (Lipinski definition) is 3. The van der Waals surface area contributed by atoms with Crippen LogP contribution >= 0.6 is 0 Å². The van der Waals surface area contributed by atoms with Crippen LogP contribution in [-0.4, -0.2) is 38.4 Å². The SMILES string of the molecule is CC(NS(=O)(=O)c1ccccc1)C(=O)N1CCC(Cc2ccccc2)CC1. The summed E-state index contributed by atoms with van der Waals surface area (Å²) in [7, 11) is -3.69.